The summed E-state index contributed by atoms with van der Waals surface area (Å²) in [6, 6.07) is 3.39. The number of ketones is 1. The molecule has 3 aliphatic carbocycles. The molecular weight excluding hydrogens is 494 g/mol. The number of nitrogens with zero attached hydrogens (tertiary/aromatic N) is 1. The number of fused-ring (bicyclic) bond motifs is 2. The first-order valence-corrected chi connectivity index (χ1v) is 13.0. The number of esters is 1. The summed E-state index contributed by atoms with van der Waals surface area (Å²) in [5.41, 5.74) is 0.527. The Balaban J connectivity index is 1.84. The fourth-order valence-corrected chi connectivity index (χ4v) is 6.04. The molecule has 0 heterocycles. The van der Waals surface area contributed by atoms with Crippen LogP contribution in [0.5, 0.6) is 11.5 Å². The molecule has 2 N–H and O–H groups in total. The third-order valence-corrected chi connectivity index (χ3v) is 8.38. The SMILES string of the molecule is CC(C)(CCCCCCO[N+](=O)[O-])c1cc(O)c([C@@H]2CC(=O)[C@@H]3C[C@@H]2C3(C)C)c(OC(=O)/C=C\C(=O)O)c1. The highest BCUT2D eigenvalue weighted by atomic mass is 16.9. The van der Waals surface area contributed by atoms with Gasteiger partial charge >= 0.3 is 11.9 Å². The van der Waals surface area contributed by atoms with E-state index in [9.17, 15) is 29.6 Å². The van der Waals surface area contributed by atoms with E-state index in [4.69, 9.17) is 9.84 Å². The topological polar surface area (TPSA) is 153 Å². The van der Waals surface area contributed by atoms with Crippen molar-refractivity contribution in [1.29, 1.82) is 0 Å². The van der Waals surface area contributed by atoms with Crippen LogP contribution in [0.15, 0.2) is 24.3 Å². The molecule has 0 aromatic heterocycles. The Hall–Kier alpha value is -3.43. The normalized spacial score (nSPS) is 22.1. The zero-order chi connectivity index (χ0) is 28.3. The lowest BCUT2D eigenvalue weighted by molar-refractivity contribution is -0.757. The maximum atomic E-state index is 12.8. The number of ether oxygens (including phenoxy) is 1. The second-order valence-electron chi connectivity index (χ2n) is 11.6. The summed E-state index contributed by atoms with van der Waals surface area (Å²) in [4.78, 5) is 50.7. The predicted octanol–water partition coefficient (Wildman–Crippen LogP) is 5.09. The number of hydrogen-bond donors (Lipinski definition) is 2. The van der Waals surface area contributed by atoms with Crippen molar-refractivity contribution in [3.8, 4) is 11.5 Å². The number of aromatic hydroxyl groups is 1. The molecule has 0 radical (unpaired) electrons. The van der Waals surface area contributed by atoms with E-state index in [2.05, 4.69) is 18.7 Å². The number of rotatable bonds is 13. The molecule has 3 fully saturated rings. The summed E-state index contributed by atoms with van der Waals surface area (Å²) in [6.07, 6.45) is 6.27. The lowest BCUT2D eigenvalue weighted by Crippen LogP contribution is -2.56. The van der Waals surface area contributed by atoms with Crippen LogP contribution in [0.1, 0.15) is 89.7 Å². The van der Waals surface area contributed by atoms with Crippen molar-refractivity contribution in [3.63, 3.8) is 0 Å². The molecule has 38 heavy (non-hydrogen) atoms. The van der Waals surface area contributed by atoms with Gasteiger partial charge in [-0.3, -0.25) is 4.79 Å². The monoisotopic (exact) mass is 531 g/mol. The Morgan fingerprint density at radius 3 is 2.47 bits per heavy atom. The van der Waals surface area contributed by atoms with E-state index >= 15 is 0 Å². The van der Waals surface area contributed by atoms with Crippen LogP contribution < -0.4 is 4.74 Å². The molecule has 3 saturated carbocycles. The average Bonchev–Trinajstić information content (AvgIpc) is 2.80. The molecule has 0 unspecified atom stereocenters. The third-order valence-electron chi connectivity index (χ3n) is 8.38. The number of carboxylic acids is 1. The van der Waals surface area contributed by atoms with Gasteiger partial charge in [-0.2, -0.15) is 0 Å². The van der Waals surface area contributed by atoms with Crippen LogP contribution in [0.3, 0.4) is 0 Å². The zero-order valence-corrected chi connectivity index (χ0v) is 22.4. The summed E-state index contributed by atoms with van der Waals surface area (Å²) < 4.78 is 5.59. The molecule has 3 aliphatic rings. The Labute approximate surface area is 222 Å². The van der Waals surface area contributed by atoms with Crippen molar-refractivity contribution < 1.29 is 39.3 Å². The molecule has 10 nitrogen and oxygen atoms in total. The number of Topliss-reactive ketones (excluding diaryl/α,β-unsaturated/α-hetero) is 1. The van der Waals surface area contributed by atoms with E-state index < -0.39 is 22.4 Å². The van der Waals surface area contributed by atoms with Crippen LogP contribution in [0.4, 0.5) is 0 Å². The van der Waals surface area contributed by atoms with E-state index in [0.717, 1.165) is 43.7 Å². The number of carboxylic acid groups (broad SMARTS) is 1. The largest absolute Gasteiger partial charge is 0.508 e. The number of phenols is 1. The van der Waals surface area contributed by atoms with Crippen molar-refractivity contribution in [1.82, 2.24) is 0 Å². The number of unbranched alkanes of at least 4 members (excludes halogenated alkanes) is 3. The standard InChI is InChI=1S/C28H37NO9/c1-27(2,11-7-5-6-8-12-37-29(35)36)17-13-22(31)26(23(14-17)38-25(34)10-9-24(32)33)18-15-21(30)20-16-19(18)28(20,3)4/h9-10,13-14,18-20,31H,5-8,11-12,15-16H2,1-4H3,(H,32,33)/b10-9-/t18-,19+,20+/m1/s1. The van der Waals surface area contributed by atoms with Gasteiger partial charge in [-0.15, -0.1) is 10.1 Å². The van der Waals surface area contributed by atoms with Crippen LogP contribution >= 0.6 is 0 Å². The zero-order valence-electron chi connectivity index (χ0n) is 22.4. The summed E-state index contributed by atoms with van der Waals surface area (Å²) in [5, 5.41) is 29.6. The van der Waals surface area contributed by atoms with Gasteiger partial charge in [-0.05, 0) is 53.7 Å². The molecule has 2 bridgehead atoms. The number of carbonyl (C=O) groups excluding carboxylic acids is 2. The van der Waals surface area contributed by atoms with Gasteiger partial charge in [0.05, 0.1) is 6.61 Å². The molecule has 4 rings (SSSR count). The molecule has 0 spiro atoms. The summed E-state index contributed by atoms with van der Waals surface area (Å²) in [5.74, 6) is -2.11. The fourth-order valence-electron chi connectivity index (χ4n) is 6.04. The molecule has 0 aliphatic heterocycles. The number of carbonyl (C=O) groups is 3. The molecule has 1 aromatic carbocycles. The average molecular weight is 532 g/mol. The van der Waals surface area contributed by atoms with Crippen LogP contribution in [0.25, 0.3) is 0 Å². The van der Waals surface area contributed by atoms with Gasteiger partial charge in [0.15, 0.2) is 0 Å². The Bertz CT molecular complexity index is 1120. The first kappa shape index (κ1) is 29.1. The third kappa shape index (κ3) is 6.52. The minimum absolute atomic E-state index is 0.000268. The molecule has 3 atom stereocenters. The van der Waals surface area contributed by atoms with Crippen molar-refractivity contribution in [2.45, 2.75) is 84.0 Å². The second-order valence-corrected chi connectivity index (χ2v) is 11.6. The Morgan fingerprint density at radius 2 is 1.87 bits per heavy atom. The van der Waals surface area contributed by atoms with E-state index in [1.807, 2.05) is 13.8 Å². The van der Waals surface area contributed by atoms with Gasteiger partial charge in [-0.1, -0.05) is 47.0 Å². The van der Waals surface area contributed by atoms with Gasteiger partial charge in [0.1, 0.15) is 17.3 Å². The molecule has 0 saturated heterocycles. The molecular formula is C28H37NO9. The minimum atomic E-state index is -1.29. The van der Waals surface area contributed by atoms with E-state index in [-0.39, 0.29) is 53.5 Å². The number of aliphatic carboxylic acids is 1. The first-order valence-electron chi connectivity index (χ1n) is 13.0. The summed E-state index contributed by atoms with van der Waals surface area (Å²) >= 11 is 0. The van der Waals surface area contributed by atoms with Crippen LogP contribution in [0, 0.1) is 27.4 Å². The Morgan fingerprint density at radius 1 is 1.18 bits per heavy atom. The van der Waals surface area contributed by atoms with Crippen LogP contribution in [-0.4, -0.2) is 39.6 Å². The lowest BCUT2D eigenvalue weighted by Gasteiger charge is -2.59. The van der Waals surface area contributed by atoms with Gasteiger partial charge in [-0.25, -0.2) is 9.59 Å². The van der Waals surface area contributed by atoms with Gasteiger partial charge in [0.2, 0.25) is 0 Å². The van der Waals surface area contributed by atoms with Crippen LogP contribution in [0.2, 0.25) is 0 Å². The van der Waals surface area contributed by atoms with Crippen molar-refractivity contribution in [2.24, 2.45) is 17.3 Å². The summed E-state index contributed by atoms with van der Waals surface area (Å²) in [7, 11) is 0. The Kier molecular flexibility index (Phi) is 8.84. The lowest BCUT2D eigenvalue weighted by atomic mass is 9.44. The van der Waals surface area contributed by atoms with E-state index in [1.54, 1.807) is 12.1 Å². The highest BCUT2D eigenvalue weighted by molar-refractivity contribution is 5.92. The molecule has 10 heteroatoms. The smallest absolute Gasteiger partial charge is 0.336 e. The molecule has 1 aromatic rings. The van der Waals surface area contributed by atoms with Crippen molar-refractivity contribution >= 4 is 17.7 Å². The molecule has 0 amide bonds. The van der Waals surface area contributed by atoms with Gasteiger partial charge in [0, 0.05) is 36.0 Å². The van der Waals surface area contributed by atoms with Crippen molar-refractivity contribution in [2.75, 3.05) is 6.61 Å². The fraction of sp³-hybridized carbons (Fsp3) is 0.607. The quantitative estimate of drug-likeness (QED) is 0.0884. The van der Waals surface area contributed by atoms with Gasteiger partial charge in [0.25, 0.3) is 5.09 Å². The maximum absolute atomic E-state index is 12.8. The number of hydrogen-bond acceptors (Lipinski definition) is 8. The van der Waals surface area contributed by atoms with Crippen LogP contribution in [-0.2, 0) is 24.6 Å². The first-order chi connectivity index (χ1) is 17.7. The number of benzene rings is 1. The maximum Gasteiger partial charge on any atom is 0.336 e. The van der Waals surface area contributed by atoms with Gasteiger partial charge < -0.3 is 19.8 Å². The molecule has 208 valence electrons. The van der Waals surface area contributed by atoms with Crippen molar-refractivity contribution in [3.05, 3.63) is 45.5 Å². The highest BCUT2D eigenvalue weighted by Gasteiger charge is 2.59. The minimum Gasteiger partial charge on any atom is -0.508 e. The predicted molar refractivity (Wildman–Crippen MR) is 137 cm³/mol. The number of phenolic OH excluding ortho intramolecular Hbond substituents is 1. The van der Waals surface area contributed by atoms with E-state index in [0.29, 0.717) is 18.1 Å². The second kappa shape index (κ2) is 11.5. The highest BCUT2D eigenvalue weighted by Crippen LogP contribution is 2.64. The van der Waals surface area contributed by atoms with E-state index in [1.165, 1.54) is 0 Å². The summed E-state index contributed by atoms with van der Waals surface area (Å²) in [6.45, 7) is 8.19.